The summed E-state index contributed by atoms with van der Waals surface area (Å²) in [5, 5.41) is 2.78. The molecule has 0 aliphatic heterocycles. The molecule has 0 fully saturated rings. The highest BCUT2D eigenvalue weighted by Gasteiger charge is 2.25. The molecule has 3 aromatic rings. The molecule has 1 heteroatoms. The Hall–Kier alpha value is -2.17. The molecule has 0 spiro atoms. The third-order valence-electron chi connectivity index (χ3n) is 5.06. The average Bonchev–Trinajstić information content (AvgIpc) is 2.66. The van der Waals surface area contributed by atoms with Crippen LogP contribution in [0.2, 0.25) is 0 Å². The van der Waals surface area contributed by atoms with Crippen molar-refractivity contribution >= 4 is 24.0 Å². The molecule has 0 aromatic heterocycles. The van der Waals surface area contributed by atoms with Crippen LogP contribution in [0, 0.1) is 0 Å². The lowest BCUT2D eigenvalue weighted by Gasteiger charge is -2.26. The summed E-state index contributed by atoms with van der Waals surface area (Å²) in [5.41, 5.74) is 4.45. The fraction of sp³-hybridized carbons (Fsp3) is 0.296. The summed E-state index contributed by atoms with van der Waals surface area (Å²) in [4.78, 5) is 0. The van der Waals surface area contributed by atoms with Gasteiger partial charge in [0.25, 0.3) is 0 Å². The maximum atomic E-state index is 2.51. The van der Waals surface area contributed by atoms with E-state index >= 15 is 0 Å². The molecule has 144 valence electrons. The van der Waals surface area contributed by atoms with E-state index in [1.54, 1.807) is 0 Å². The van der Waals surface area contributed by atoms with Crippen molar-refractivity contribution in [2.24, 2.45) is 0 Å². The highest BCUT2D eigenvalue weighted by molar-refractivity contribution is 7.72. The van der Waals surface area contributed by atoms with Gasteiger partial charge in [-0.05, 0) is 46.2 Å². The Morgan fingerprint density at radius 1 is 0.607 bits per heavy atom. The second kappa shape index (κ2) is 8.06. The zero-order valence-electron chi connectivity index (χ0n) is 18.0. The maximum absolute atomic E-state index is 2.51. The van der Waals surface area contributed by atoms with Crippen molar-refractivity contribution in [1.82, 2.24) is 0 Å². The first kappa shape index (κ1) is 20.6. The molecule has 0 amide bonds. The monoisotopic (exact) mass is 387 g/mol. The Morgan fingerprint density at radius 3 is 1.54 bits per heavy atom. The molecule has 0 N–H and O–H groups in total. The van der Waals surface area contributed by atoms with Crippen LogP contribution in [-0.4, -0.2) is 5.80 Å². The molecule has 3 aromatic carbocycles. The SMILES string of the molecule is CC(C)(C)c1ccc(C=[P+](c2ccccc2)c2ccccc2)c(C(C)(C)C)c1. The van der Waals surface area contributed by atoms with E-state index in [-0.39, 0.29) is 10.8 Å². The van der Waals surface area contributed by atoms with E-state index in [9.17, 15) is 0 Å². The van der Waals surface area contributed by atoms with Crippen LogP contribution < -0.4 is 10.6 Å². The number of hydrogen-bond donors (Lipinski definition) is 0. The lowest BCUT2D eigenvalue weighted by atomic mass is 9.79. The van der Waals surface area contributed by atoms with Crippen LogP contribution in [0.15, 0.2) is 78.9 Å². The average molecular weight is 388 g/mol. The molecule has 0 heterocycles. The van der Waals surface area contributed by atoms with Crippen molar-refractivity contribution < 1.29 is 0 Å². The first-order chi connectivity index (χ1) is 13.2. The molecule has 0 atom stereocenters. The molecule has 0 nitrogen and oxygen atoms in total. The molecule has 0 saturated heterocycles. The quantitative estimate of drug-likeness (QED) is 0.446. The Labute approximate surface area is 172 Å². The molecule has 0 radical (unpaired) electrons. The normalized spacial score (nSPS) is 11.9. The van der Waals surface area contributed by atoms with Crippen molar-refractivity contribution in [2.75, 3.05) is 0 Å². The summed E-state index contributed by atoms with van der Waals surface area (Å²) < 4.78 is 0. The summed E-state index contributed by atoms with van der Waals surface area (Å²) in [7, 11) is -0.553. The van der Waals surface area contributed by atoms with E-state index in [1.165, 1.54) is 27.3 Å². The Morgan fingerprint density at radius 2 is 1.11 bits per heavy atom. The summed E-state index contributed by atoms with van der Waals surface area (Å²) in [6.45, 7) is 13.8. The van der Waals surface area contributed by atoms with Crippen LogP contribution >= 0.6 is 7.55 Å². The van der Waals surface area contributed by atoms with Gasteiger partial charge in [0.2, 0.25) is 0 Å². The van der Waals surface area contributed by atoms with Crippen molar-refractivity contribution in [3.63, 3.8) is 0 Å². The third kappa shape index (κ3) is 4.81. The standard InChI is InChI=1S/C27H32P/c1-26(2,3)22-18-17-21(25(19-22)27(4,5)6)20-28(23-13-9-7-10-14-23)24-15-11-8-12-16-24/h7-20H,1-6H3/q+1. The summed E-state index contributed by atoms with van der Waals surface area (Å²) in [6, 6.07) is 28.9. The van der Waals surface area contributed by atoms with E-state index < -0.39 is 7.55 Å². The number of benzene rings is 3. The lowest BCUT2D eigenvalue weighted by molar-refractivity contribution is 0.568. The Bertz CT molecular complexity index is 911. The maximum Gasteiger partial charge on any atom is 0.170 e. The minimum Gasteiger partial charge on any atom is -0.0619 e. The van der Waals surface area contributed by atoms with Gasteiger partial charge in [0.15, 0.2) is 18.2 Å². The van der Waals surface area contributed by atoms with E-state index in [0.29, 0.717) is 0 Å². The fourth-order valence-electron chi connectivity index (χ4n) is 3.40. The van der Waals surface area contributed by atoms with E-state index in [1.807, 2.05) is 0 Å². The van der Waals surface area contributed by atoms with Crippen LogP contribution in [-0.2, 0) is 10.8 Å². The molecule has 0 saturated carbocycles. The minimum atomic E-state index is -0.553. The van der Waals surface area contributed by atoms with Gasteiger partial charge in [-0.1, -0.05) is 96.1 Å². The molecular formula is C27H32P+. The van der Waals surface area contributed by atoms with Gasteiger partial charge in [-0.15, -0.1) is 0 Å². The van der Waals surface area contributed by atoms with Crippen LogP contribution in [0.1, 0.15) is 58.2 Å². The van der Waals surface area contributed by atoms with Crippen molar-refractivity contribution in [1.29, 1.82) is 0 Å². The van der Waals surface area contributed by atoms with Gasteiger partial charge < -0.3 is 0 Å². The minimum absolute atomic E-state index is 0.0987. The van der Waals surface area contributed by atoms with E-state index in [4.69, 9.17) is 0 Å². The first-order valence-electron chi connectivity index (χ1n) is 10.1. The zero-order valence-corrected chi connectivity index (χ0v) is 18.9. The molecule has 0 aliphatic rings. The van der Waals surface area contributed by atoms with Crippen LogP contribution in [0.4, 0.5) is 0 Å². The Kier molecular flexibility index (Phi) is 5.92. The van der Waals surface area contributed by atoms with Crippen LogP contribution in [0.25, 0.3) is 0 Å². The molecule has 0 bridgehead atoms. The van der Waals surface area contributed by atoms with E-state index in [0.717, 1.165) is 0 Å². The Balaban J connectivity index is 2.23. The van der Waals surface area contributed by atoms with Crippen LogP contribution in [0.3, 0.4) is 0 Å². The highest BCUT2D eigenvalue weighted by atomic mass is 31.1. The molecule has 28 heavy (non-hydrogen) atoms. The highest BCUT2D eigenvalue weighted by Crippen LogP contribution is 2.33. The molecule has 3 rings (SSSR count). The van der Waals surface area contributed by atoms with Gasteiger partial charge in [-0.3, -0.25) is 0 Å². The van der Waals surface area contributed by atoms with Gasteiger partial charge in [0.1, 0.15) is 5.80 Å². The topological polar surface area (TPSA) is 0 Å². The first-order valence-corrected chi connectivity index (χ1v) is 11.5. The van der Waals surface area contributed by atoms with Gasteiger partial charge in [0, 0.05) is 5.56 Å². The van der Waals surface area contributed by atoms with E-state index in [2.05, 4.69) is 126 Å². The lowest BCUT2D eigenvalue weighted by Crippen LogP contribution is -2.19. The van der Waals surface area contributed by atoms with Gasteiger partial charge >= 0.3 is 0 Å². The van der Waals surface area contributed by atoms with Crippen molar-refractivity contribution in [3.05, 3.63) is 95.6 Å². The van der Waals surface area contributed by atoms with Crippen molar-refractivity contribution in [2.45, 2.75) is 52.4 Å². The second-order valence-electron chi connectivity index (χ2n) is 9.47. The predicted molar refractivity (Wildman–Crippen MR) is 128 cm³/mol. The zero-order chi connectivity index (χ0) is 20.4. The summed E-state index contributed by atoms with van der Waals surface area (Å²) >= 11 is 0. The van der Waals surface area contributed by atoms with Crippen molar-refractivity contribution in [3.8, 4) is 0 Å². The molecule has 0 unspecified atom stereocenters. The second-order valence-corrected chi connectivity index (χ2v) is 11.5. The third-order valence-corrected chi connectivity index (χ3v) is 7.31. The van der Waals surface area contributed by atoms with Gasteiger partial charge in [-0.25, -0.2) is 0 Å². The van der Waals surface area contributed by atoms with Gasteiger partial charge in [-0.2, -0.15) is 0 Å². The predicted octanol–water partition coefficient (Wildman–Crippen LogP) is 6.56. The largest absolute Gasteiger partial charge is 0.170 e. The summed E-state index contributed by atoms with van der Waals surface area (Å²) in [6.07, 6.45) is 0. The molecular weight excluding hydrogens is 355 g/mol. The number of rotatable bonds is 3. The summed E-state index contributed by atoms with van der Waals surface area (Å²) in [5.74, 6) is 2.51. The fourth-order valence-corrected chi connectivity index (χ4v) is 5.49. The number of hydrogen-bond acceptors (Lipinski definition) is 0. The van der Waals surface area contributed by atoms with Gasteiger partial charge in [0.05, 0.1) is 0 Å². The van der Waals surface area contributed by atoms with Crippen LogP contribution in [0.5, 0.6) is 0 Å². The molecule has 0 aliphatic carbocycles. The smallest absolute Gasteiger partial charge is 0.0619 e.